The second kappa shape index (κ2) is 8.25. The highest BCUT2D eigenvalue weighted by Crippen LogP contribution is 2.26. The van der Waals surface area contributed by atoms with Crippen LogP contribution in [-0.2, 0) is 0 Å². The summed E-state index contributed by atoms with van der Waals surface area (Å²) in [5.74, 6) is -0.388. The van der Waals surface area contributed by atoms with Crippen molar-refractivity contribution >= 4 is 33.9 Å². The van der Waals surface area contributed by atoms with Crippen molar-refractivity contribution in [2.75, 3.05) is 5.73 Å². The Morgan fingerprint density at radius 3 is 2.73 bits per heavy atom. The standard InChI is InChI=1S/C19H15BrN8O2/c1-11-5-7-13(8-6-11)16-15(23-27-28(16)18-17(21)25-30-26-18)19(29)24-22-10-12-3-2-4-14(20)9-12/h2-10H,1H3,(H2,21,25)(H,24,29). The smallest absolute Gasteiger partial charge is 0.294 e. The van der Waals surface area contributed by atoms with E-state index in [9.17, 15) is 4.79 Å². The van der Waals surface area contributed by atoms with Gasteiger partial charge in [-0.15, -0.1) is 5.10 Å². The third-order valence-corrected chi connectivity index (χ3v) is 4.63. The first-order valence-corrected chi connectivity index (χ1v) is 9.52. The van der Waals surface area contributed by atoms with Crippen molar-refractivity contribution in [3.8, 4) is 17.1 Å². The van der Waals surface area contributed by atoms with Gasteiger partial charge in [-0.1, -0.05) is 63.1 Å². The molecule has 0 spiro atoms. The minimum atomic E-state index is -0.543. The molecule has 2 aromatic heterocycles. The number of amides is 1. The van der Waals surface area contributed by atoms with Crippen molar-refractivity contribution in [1.29, 1.82) is 0 Å². The molecule has 0 radical (unpaired) electrons. The third-order valence-electron chi connectivity index (χ3n) is 4.13. The van der Waals surface area contributed by atoms with E-state index >= 15 is 0 Å². The Morgan fingerprint density at radius 2 is 2.03 bits per heavy atom. The molecular weight excluding hydrogens is 452 g/mol. The van der Waals surface area contributed by atoms with Crippen LogP contribution in [0.3, 0.4) is 0 Å². The monoisotopic (exact) mass is 466 g/mol. The van der Waals surface area contributed by atoms with Gasteiger partial charge in [0.1, 0.15) is 5.69 Å². The lowest BCUT2D eigenvalue weighted by Crippen LogP contribution is -2.19. The van der Waals surface area contributed by atoms with Gasteiger partial charge >= 0.3 is 0 Å². The number of carbonyl (C=O) groups excluding carboxylic acids is 1. The highest BCUT2D eigenvalue weighted by molar-refractivity contribution is 9.10. The fraction of sp³-hybridized carbons (Fsp3) is 0.0526. The number of hydrazone groups is 1. The molecule has 2 aromatic carbocycles. The van der Waals surface area contributed by atoms with Crippen molar-refractivity contribution in [2.24, 2.45) is 5.10 Å². The van der Waals surface area contributed by atoms with Crippen molar-refractivity contribution in [1.82, 2.24) is 30.7 Å². The third kappa shape index (κ3) is 3.96. The van der Waals surface area contributed by atoms with Crippen molar-refractivity contribution in [3.63, 3.8) is 0 Å². The van der Waals surface area contributed by atoms with Crippen LogP contribution in [0, 0.1) is 6.92 Å². The summed E-state index contributed by atoms with van der Waals surface area (Å²) in [5, 5.41) is 19.4. The molecule has 10 nitrogen and oxygen atoms in total. The lowest BCUT2D eigenvalue weighted by atomic mass is 10.1. The molecular formula is C19H15BrN8O2. The molecule has 4 aromatic rings. The van der Waals surface area contributed by atoms with Gasteiger partial charge in [-0.05, 0) is 34.9 Å². The Kier molecular flexibility index (Phi) is 5.35. The first kappa shape index (κ1) is 19.5. The molecule has 3 N–H and O–H groups in total. The number of rotatable bonds is 5. The summed E-state index contributed by atoms with van der Waals surface area (Å²) in [6.45, 7) is 1.96. The maximum atomic E-state index is 12.8. The van der Waals surface area contributed by atoms with E-state index in [0.717, 1.165) is 15.6 Å². The van der Waals surface area contributed by atoms with E-state index in [2.05, 4.69) is 51.7 Å². The molecule has 0 saturated carbocycles. The predicted octanol–water partition coefficient (Wildman–Crippen LogP) is 2.73. The average molecular weight is 467 g/mol. The Bertz CT molecular complexity index is 1230. The van der Waals surface area contributed by atoms with Crippen LogP contribution in [0.5, 0.6) is 0 Å². The van der Waals surface area contributed by atoms with Gasteiger partial charge in [0.05, 0.1) is 6.21 Å². The number of hydrogen-bond acceptors (Lipinski definition) is 8. The highest BCUT2D eigenvalue weighted by Gasteiger charge is 2.25. The Hall–Kier alpha value is -3.86. The summed E-state index contributed by atoms with van der Waals surface area (Å²) in [7, 11) is 0. The Labute approximate surface area is 178 Å². The van der Waals surface area contributed by atoms with Crippen LogP contribution in [0.2, 0.25) is 0 Å². The van der Waals surface area contributed by atoms with Gasteiger partial charge < -0.3 is 5.73 Å². The average Bonchev–Trinajstić information content (AvgIpc) is 3.34. The summed E-state index contributed by atoms with van der Waals surface area (Å²) in [6, 6.07) is 15.0. The maximum Gasteiger partial charge on any atom is 0.294 e. The van der Waals surface area contributed by atoms with Gasteiger partial charge in [0.25, 0.3) is 5.91 Å². The number of nitrogens with zero attached hydrogens (tertiary/aromatic N) is 6. The SMILES string of the molecule is Cc1ccc(-c2c(C(=O)NN=Cc3cccc(Br)c3)nnn2-c2nonc2N)cc1. The van der Waals surface area contributed by atoms with E-state index in [0.29, 0.717) is 11.3 Å². The first-order valence-electron chi connectivity index (χ1n) is 8.73. The van der Waals surface area contributed by atoms with E-state index in [-0.39, 0.29) is 17.3 Å². The van der Waals surface area contributed by atoms with E-state index in [1.54, 1.807) is 0 Å². The van der Waals surface area contributed by atoms with Crippen molar-refractivity contribution in [3.05, 3.63) is 69.8 Å². The molecule has 0 unspecified atom stereocenters. The fourth-order valence-corrected chi connectivity index (χ4v) is 3.11. The highest BCUT2D eigenvalue weighted by atomic mass is 79.9. The molecule has 0 bridgehead atoms. The number of aryl methyl sites for hydroxylation is 1. The van der Waals surface area contributed by atoms with E-state index in [1.165, 1.54) is 10.9 Å². The summed E-state index contributed by atoms with van der Waals surface area (Å²) in [6.07, 6.45) is 1.53. The van der Waals surface area contributed by atoms with Gasteiger partial charge in [-0.3, -0.25) is 4.79 Å². The van der Waals surface area contributed by atoms with Gasteiger partial charge in [0.15, 0.2) is 5.69 Å². The molecule has 0 aliphatic carbocycles. The summed E-state index contributed by atoms with van der Waals surface area (Å²) >= 11 is 3.39. The fourth-order valence-electron chi connectivity index (χ4n) is 2.70. The van der Waals surface area contributed by atoms with Crippen LogP contribution in [0.15, 0.2) is 62.7 Å². The Balaban J connectivity index is 1.69. The number of hydrogen-bond donors (Lipinski definition) is 2. The summed E-state index contributed by atoms with van der Waals surface area (Å²) in [4.78, 5) is 12.8. The zero-order chi connectivity index (χ0) is 21.1. The van der Waals surface area contributed by atoms with Crippen LogP contribution in [0.4, 0.5) is 5.82 Å². The Morgan fingerprint density at radius 1 is 1.23 bits per heavy atom. The first-order chi connectivity index (χ1) is 14.5. The van der Waals surface area contributed by atoms with Crippen molar-refractivity contribution < 1.29 is 9.42 Å². The quantitative estimate of drug-likeness (QED) is 0.340. The molecule has 0 saturated heterocycles. The molecule has 30 heavy (non-hydrogen) atoms. The molecule has 0 fully saturated rings. The van der Waals surface area contributed by atoms with E-state index in [4.69, 9.17) is 5.73 Å². The number of aromatic nitrogens is 5. The number of carbonyl (C=O) groups is 1. The molecule has 150 valence electrons. The second-order valence-electron chi connectivity index (χ2n) is 6.29. The number of halogens is 1. The second-order valence-corrected chi connectivity index (χ2v) is 7.21. The molecule has 0 aliphatic heterocycles. The summed E-state index contributed by atoms with van der Waals surface area (Å²) < 4.78 is 6.87. The largest absolute Gasteiger partial charge is 0.378 e. The number of nitrogens with two attached hydrogens (primary N) is 1. The molecule has 2 heterocycles. The zero-order valence-corrected chi connectivity index (χ0v) is 17.2. The van der Waals surface area contributed by atoms with Crippen LogP contribution in [-0.4, -0.2) is 37.4 Å². The minimum absolute atomic E-state index is 0.0212. The van der Waals surface area contributed by atoms with Crippen LogP contribution in [0.25, 0.3) is 17.1 Å². The van der Waals surface area contributed by atoms with Crippen LogP contribution in [0.1, 0.15) is 21.6 Å². The number of nitrogen functional groups attached to an aromatic ring is 1. The number of anilines is 1. The molecule has 1 amide bonds. The number of nitrogens with one attached hydrogen (secondary N) is 1. The van der Waals surface area contributed by atoms with Crippen LogP contribution < -0.4 is 11.2 Å². The lowest BCUT2D eigenvalue weighted by Gasteiger charge is -2.06. The zero-order valence-electron chi connectivity index (χ0n) is 15.7. The normalized spacial score (nSPS) is 11.1. The topological polar surface area (TPSA) is 137 Å². The molecule has 4 rings (SSSR count). The minimum Gasteiger partial charge on any atom is -0.378 e. The molecule has 0 atom stereocenters. The van der Waals surface area contributed by atoms with Gasteiger partial charge in [-0.25, -0.2) is 10.1 Å². The van der Waals surface area contributed by atoms with Crippen molar-refractivity contribution in [2.45, 2.75) is 6.92 Å². The summed E-state index contributed by atoms with van der Waals surface area (Å²) in [5.41, 5.74) is 11.3. The predicted molar refractivity (Wildman–Crippen MR) is 113 cm³/mol. The van der Waals surface area contributed by atoms with Gasteiger partial charge in [0.2, 0.25) is 11.6 Å². The maximum absolute atomic E-state index is 12.8. The van der Waals surface area contributed by atoms with Crippen LogP contribution >= 0.6 is 15.9 Å². The number of benzene rings is 2. The lowest BCUT2D eigenvalue weighted by molar-refractivity contribution is 0.0950. The van der Waals surface area contributed by atoms with E-state index in [1.807, 2.05) is 55.5 Å². The van der Waals surface area contributed by atoms with Gasteiger partial charge in [0, 0.05) is 10.0 Å². The molecule has 0 aliphatic rings. The van der Waals surface area contributed by atoms with Gasteiger partial charge in [-0.2, -0.15) is 9.78 Å². The van der Waals surface area contributed by atoms with E-state index < -0.39 is 5.91 Å². The molecule has 11 heteroatoms.